The van der Waals surface area contributed by atoms with Crippen molar-refractivity contribution in [3.05, 3.63) is 53.6 Å². The lowest BCUT2D eigenvalue weighted by atomic mass is 10.2. The van der Waals surface area contributed by atoms with E-state index >= 15 is 0 Å². The molecule has 0 aliphatic carbocycles. The van der Waals surface area contributed by atoms with Gasteiger partial charge in [-0.2, -0.15) is 0 Å². The molecule has 0 aromatic heterocycles. The first-order valence-corrected chi connectivity index (χ1v) is 9.17. The number of ether oxygens (including phenoxy) is 1. The van der Waals surface area contributed by atoms with Gasteiger partial charge in [-0.25, -0.2) is 4.79 Å². The van der Waals surface area contributed by atoms with Crippen molar-refractivity contribution >= 4 is 34.9 Å². The highest BCUT2D eigenvalue weighted by Gasteiger charge is 2.32. The van der Waals surface area contributed by atoms with Crippen LogP contribution in [0.25, 0.3) is 0 Å². The molecule has 27 heavy (non-hydrogen) atoms. The van der Waals surface area contributed by atoms with Gasteiger partial charge in [0.15, 0.2) is 0 Å². The van der Waals surface area contributed by atoms with Crippen LogP contribution in [0.2, 0.25) is 5.02 Å². The predicted molar refractivity (Wildman–Crippen MR) is 107 cm³/mol. The molecule has 1 saturated heterocycles. The number of urea groups is 1. The maximum atomic E-state index is 12.7. The van der Waals surface area contributed by atoms with Crippen molar-refractivity contribution in [2.24, 2.45) is 0 Å². The van der Waals surface area contributed by atoms with E-state index in [2.05, 4.69) is 5.32 Å². The van der Waals surface area contributed by atoms with Gasteiger partial charge in [0.2, 0.25) is 5.91 Å². The zero-order valence-corrected chi connectivity index (χ0v) is 16.1. The number of nitrogens with zero attached hydrogens (tertiary/aromatic N) is 2. The van der Waals surface area contributed by atoms with Gasteiger partial charge in [-0.15, -0.1) is 0 Å². The molecule has 6 nitrogen and oxygen atoms in total. The molecule has 3 amide bonds. The smallest absolute Gasteiger partial charge is 0.322 e. The molecule has 142 valence electrons. The fourth-order valence-electron chi connectivity index (χ4n) is 3.13. The Hall–Kier alpha value is -2.73. The van der Waals surface area contributed by atoms with Crippen molar-refractivity contribution < 1.29 is 14.3 Å². The van der Waals surface area contributed by atoms with E-state index in [1.807, 2.05) is 31.2 Å². The van der Waals surface area contributed by atoms with Crippen molar-refractivity contribution in [2.45, 2.75) is 19.4 Å². The summed E-state index contributed by atoms with van der Waals surface area (Å²) in [6.07, 6.45) is 0.272. The molecule has 1 atom stereocenters. The zero-order valence-electron chi connectivity index (χ0n) is 15.3. The third kappa shape index (κ3) is 4.34. The Kier molecular flexibility index (Phi) is 5.86. The molecule has 1 fully saturated rings. The van der Waals surface area contributed by atoms with Crippen molar-refractivity contribution in [2.75, 3.05) is 30.0 Å². The summed E-state index contributed by atoms with van der Waals surface area (Å²) < 4.78 is 5.15. The summed E-state index contributed by atoms with van der Waals surface area (Å²) in [6.45, 7) is 2.86. The quantitative estimate of drug-likeness (QED) is 0.851. The van der Waals surface area contributed by atoms with E-state index < -0.39 is 0 Å². The molecular weight excluding hydrogens is 366 g/mol. The van der Waals surface area contributed by atoms with Crippen LogP contribution in [-0.4, -0.2) is 38.2 Å². The summed E-state index contributed by atoms with van der Waals surface area (Å²) in [7, 11) is 1.60. The van der Waals surface area contributed by atoms with Crippen LogP contribution >= 0.6 is 11.6 Å². The fourth-order valence-corrected chi connectivity index (χ4v) is 3.26. The van der Waals surface area contributed by atoms with Gasteiger partial charge in [0, 0.05) is 35.9 Å². The summed E-state index contributed by atoms with van der Waals surface area (Å²) in [5.41, 5.74) is 1.55. The summed E-state index contributed by atoms with van der Waals surface area (Å²) >= 11 is 5.91. The van der Waals surface area contributed by atoms with E-state index in [1.54, 1.807) is 41.2 Å². The van der Waals surface area contributed by atoms with Crippen molar-refractivity contribution in [3.63, 3.8) is 0 Å². The normalized spacial score (nSPS) is 16.3. The van der Waals surface area contributed by atoms with Crippen molar-refractivity contribution in [1.82, 2.24) is 5.32 Å². The van der Waals surface area contributed by atoms with Crippen LogP contribution in [0, 0.1) is 0 Å². The molecule has 0 spiro atoms. The molecule has 7 heteroatoms. The third-order valence-electron chi connectivity index (χ3n) is 4.54. The molecule has 1 N–H and O–H groups in total. The predicted octanol–water partition coefficient (Wildman–Crippen LogP) is 3.69. The first-order chi connectivity index (χ1) is 13.0. The Balaban J connectivity index is 1.66. The van der Waals surface area contributed by atoms with Crippen molar-refractivity contribution in [3.8, 4) is 5.75 Å². The topological polar surface area (TPSA) is 61.9 Å². The molecule has 2 aromatic rings. The number of halogens is 1. The Labute approximate surface area is 163 Å². The standard InChI is InChI=1S/C20H22ClN3O3/c1-3-23(16-8-10-18(27-2)11-9-16)20(26)22-15-12-19(25)24(13-15)17-6-4-14(21)5-7-17/h4-11,15H,3,12-13H2,1-2H3,(H,22,26)/t15-/m1/s1. The summed E-state index contributed by atoms with van der Waals surface area (Å²) in [5.74, 6) is 0.713. The lowest BCUT2D eigenvalue weighted by Gasteiger charge is -2.24. The minimum absolute atomic E-state index is 0.0184. The van der Waals surface area contributed by atoms with Gasteiger partial charge in [0.25, 0.3) is 0 Å². The third-order valence-corrected chi connectivity index (χ3v) is 4.79. The SMILES string of the molecule is CCN(C(=O)N[C@@H]1CC(=O)N(c2ccc(Cl)cc2)C1)c1ccc(OC)cc1. The second-order valence-electron chi connectivity index (χ2n) is 6.27. The molecule has 1 heterocycles. The van der Waals surface area contributed by atoms with Crippen LogP contribution in [0.15, 0.2) is 48.5 Å². The molecule has 0 radical (unpaired) electrons. The minimum Gasteiger partial charge on any atom is -0.497 e. The summed E-state index contributed by atoms with van der Waals surface area (Å²) in [4.78, 5) is 28.4. The summed E-state index contributed by atoms with van der Waals surface area (Å²) in [5, 5.41) is 3.58. The number of anilines is 2. The lowest BCUT2D eigenvalue weighted by Crippen LogP contribution is -2.46. The van der Waals surface area contributed by atoms with Gasteiger partial charge < -0.3 is 15.0 Å². The van der Waals surface area contributed by atoms with Gasteiger partial charge in [0.05, 0.1) is 13.2 Å². The molecule has 1 aliphatic rings. The number of hydrogen-bond donors (Lipinski definition) is 1. The molecule has 0 bridgehead atoms. The number of carbonyl (C=O) groups is 2. The van der Waals surface area contributed by atoms with Crippen LogP contribution in [0.1, 0.15) is 13.3 Å². The lowest BCUT2D eigenvalue weighted by molar-refractivity contribution is -0.117. The Bertz CT molecular complexity index is 808. The number of rotatable bonds is 5. The number of methoxy groups -OCH3 is 1. The maximum Gasteiger partial charge on any atom is 0.322 e. The average molecular weight is 388 g/mol. The average Bonchev–Trinajstić information content (AvgIpc) is 3.03. The first kappa shape index (κ1) is 19.0. The Morgan fingerprint density at radius 3 is 2.48 bits per heavy atom. The van der Waals surface area contributed by atoms with E-state index in [4.69, 9.17) is 16.3 Å². The van der Waals surface area contributed by atoms with E-state index in [0.29, 0.717) is 18.1 Å². The number of benzene rings is 2. The largest absolute Gasteiger partial charge is 0.497 e. The van der Waals surface area contributed by atoms with Crippen LogP contribution in [0.4, 0.5) is 16.2 Å². The number of nitrogens with one attached hydrogen (secondary N) is 1. The summed E-state index contributed by atoms with van der Waals surface area (Å²) in [6, 6.07) is 13.9. The monoisotopic (exact) mass is 387 g/mol. The molecular formula is C20H22ClN3O3. The van der Waals surface area contributed by atoms with Gasteiger partial charge in [-0.05, 0) is 55.5 Å². The highest BCUT2D eigenvalue weighted by Crippen LogP contribution is 2.24. The Morgan fingerprint density at radius 1 is 1.22 bits per heavy atom. The molecule has 2 aromatic carbocycles. The second kappa shape index (κ2) is 8.31. The maximum absolute atomic E-state index is 12.7. The minimum atomic E-state index is -0.243. The van der Waals surface area contributed by atoms with Gasteiger partial charge in [-0.3, -0.25) is 9.69 Å². The first-order valence-electron chi connectivity index (χ1n) is 8.80. The molecule has 1 aliphatic heterocycles. The van der Waals surface area contributed by atoms with E-state index in [-0.39, 0.29) is 24.4 Å². The molecule has 3 rings (SSSR count). The van der Waals surface area contributed by atoms with Crippen LogP contribution in [0.5, 0.6) is 5.75 Å². The van der Waals surface area contributed by atoms with Crippen LogP contribution < -0.4 is 19.9 Å². The second-order valence-corrected chi connectivity index (χ2v) is 6.71. The van der Waals surface area contributed by atoms with Crippen molar-refractivity contribution in [1.29, 1.82) is 0 Å². The number of hydrogen-bond acceptors (Lipinski definition) is 3. The highest BCUT2D eigenvalue weighted by atomic mass is 35.5. The fraction of sp³-hybridized carbons (Fsp3) is 0.300. The van der Waals surface area contributed by atoms with Crippen LogP contribution in [0.3, 0.4) is 0 Å². The highest BCUT2D eigenvalue weighted by molar-refractivity contribution is 6.30. The van der Waals surface area contributed by atoms with E-state index in [1.165, 1.54) is 0 Å². The van der Waals surface area contributed by atoms with Gasteiger partial charge in [0.1, 0.15) is 5.75 Å². The zero-order chi connectivity index (χ0) is 19.4. The Morgan fingerprint density at radius 2 is 1.89 bits per heavy atom. The molecule has 0 saturated carbocycles. The van der Waals surface area contributed by atoms with Crippen LogP contribution in [-0.2, 0) is 4.79 Å². The van der Waals surface area contributed by atoms with E-state index in [0.717, 1.165) is 17.1 Å². The number of amides is 3. The number of carbonyl (C=O) groups excluding carboxylic acids is 2. The van der Waals surface area contributed by atoms with E-state index in [9.17, 15) is 9.59 Å². The molecule has 0 unspecified atom stereocenters. The van der Waals surface area contributed by atoms with Gasteiger partial charge >= 0.3 is 6.03 Å². The van der Waals surface area contributed by atoms with Gasteiger partial charge in [-0.1, -0.05) is 11.6 Å².